The zero-order valence-corrected chi connectivity index (χ0v) is 14.5. The summed E-state index contributed by atoms with van der Waals surface area (Å²) in [5.74, 6) is -1.78. The van der Waals surface area contributed by atoms with Gasteiger partial charge in [-0.15, -0.1) is 0 Å². The summed E-state index contributed by atoms with van der Waals surface area (Å²) in [7, 11) is 0. The molecule has 1 aromatic carbocycles. The van der Waals surface area contributed by atoms with Gasteiger partial charge in [0.2, 0.25) is 0 Å². The van der Waals surface area contributed by atoms with Gasteiger partial charge in [-0.3, -0.25) is 9.59 Å². The average Bonchev–Trinajstić information content (AvgIpc) is 2.86. The molecule has 3 rings (SSSR count). The average molecular weight is 354 g/mol. The molecule has 0 aliphatic heterocycles. The lowest BCUT2D eigenvalue weighted by atomic mass is 10.0. The van der Waals surface area contributed by atoms with Gasteiger partial charge in [0, 0.05) is 12.1 Å². The normalized spacial score (nSPS) is 14.8. The van der Waals surface area contributed by atoms with Crippen LogP contribution in [-0.2, 0) is 24.1 Å². The Morgan fingerprint density at radius 1 is 1.12 bits per heavy atom. The van der Waals surface area contributed by atoms with Crippen LogP contribution in [0.3, 0.4) is 0 Å². The second-order valence-electron chi connectivity index (χ2n) is 6.63. The standard InChI is InChI=1S/C20H22N2O4/c23-18-15(12-14-9-5-2-6-10-16(14)21-18)19(24)22-17(20(25)26)11-13-7-3-1-4-8-13/h1,3-4,7-8,12,17H,2,5-6,9-11H2,(H,21,23)(H,22,24)(H,25,26)/t17-/m0/s1. The SMILES string of the molecule is O=C(N[C@@H](Cc1ccccc1)C(=O)O)c1cc2c([nH]c1=O)CCCCC2. The highest BCUT2D eigenvalue weighted by atomic mass is 16.4. The van der Waals surface area contributed by atoms with Crippen LogP contribution in [0, 0.1) is 0 Å². The van der Waals surface area contributed by atoms with Gasteiger partial charge >= 0.3 is 5.97 Å². The van der Waals surface area contributed by atoms with Crippen LogP contribution in [0.4, 0.5) is 0 Å². The quantitative estimate of drug-likeness (QED) is 0.716. The molecule has 0 unspecified atom stereocenters. The minimum Gasteiger partial charge on any atom is -0.480 e. The van der Waals surface area contributed by atoms with Gasteiger partial charge in [0.1, 0.15) is 11.6 Å². The van der Waals surface area contributed by atoms with Crippen LogP contribution < -0.4 is 10.9 Å². The number of carbonyl (C=O) groups excluding carboxylic acids is 1. The predicted molar refractivity (Wildman–Crippen MR) is 97.4 cm³/mol. The van der Waals surface area contributed by atoms with E-state index in [1.165, 1.54) is 0 Å². The second kappa shape index (κ2) is 7.99. The van der Waals surface area contributed by atoms with Crippen molar-refractivity contribution in [3.8, 4) is 0 Å². The number of carbonyl (C=O) groups is 2. The molecule has 1 aliphatic rings. The summed E-state index contributed by atoms with van der Waals surface area (Å²) in [5.41, 5.74) is 2.18. The number of rotatable bonds is 5. The van der Waals surface area contributed by atoms with E-state index >= 15 is 0 Å². The Balaban J connectivity index is 1.80. The summed E-state index contributed by atoms with van der Waals surface area (Å²) in [5, 5.41) is 11.9. The fraction of sp³-hybridized carbons (Fsp3) is 0.350. The van der Waals surface area contributed by atoms with E-state index in [4.69, 9.17) is 0 Å². The van der Waals surface area contributed by atoms with E-state index in [9.17, 15) is 19.5 Å². The number of amides is 1. The van der Waals surface area contributed by atoms with Crippen LogP contribution in [0.5, 0.6) is 0 Å². The molecule has 0 fully saturated rings. The molecule has 1 heterocycles. The third kappa shape index (κ3) is 4.20. The monoisotopic (exact) mass is 354 g/mol. The lowest BCUT2D eigenvalue weighted by Crippen LogP contribution is -2.44. The van der Waals surface area contributed by atoms with E-state index in [0.717, 1.165) is 48.9 Å². The van der Waals surface area contributed by atoms with Gasteiger partial charge in [0.15, 0.2) is 0 Å². The maximum absolute atomic E-state index is 12.5. The number of pyridine rings is 1. The minimum atomic E-state index is -1.13. The number of aryl methyl sites for hydroxylation is 2. The van der Waals surface area contributed by atoms with Gasteiger partial charge in [-0.2, -0.15) is 0 Å². The van der Waals surface area contributed by atoms with E-state index in [1.807, 2.05) is 18.2 Å². The molecule has 6 nitrogen and oxygen atoms in total. The van der Waals surface area contributed by atoms with Gasteiger partial charge in [-0.05, 0) is 42.9 Å². The summed E-state index contributed by atoms with van der Waals surface area (Å²) >= 11 is 0. The molecule has 6 heteroatoms. The lowest BCUT2D eigenvalue weighted by molar-refractivity contribution is -0.139. The fourth-order valence-corrected chi connectivity index (χ4v) is 3.31. The van der Waals surface area contributed by atoms with Crippen molar-refractivity contribution >= 4 is 11.9 Å². The van der Waals surface area contributed by atoms with E-state index in [0.29, 0.717) is 0 Å². The van der Waals surface area contributed by atoms with Crippen molar-refractivity contribution < 1.29 is 14.7 Å². The van der Waals surface area contributed by atoms with Gasteiger partial charge in [0.05, 0.1) is 0 Å². The molecular weight excluding hydrogens is 332 g/mol. The second-order valence-corrected chi connectivity index (χ2v) is 6.63. The van der Waals surface area contributed by atoms with Crippen LogP contribution >= 0.6 is 0 Å². The Hall–Kier alpha value is -2.89. The number of benzene rings is 1. The van der Waals surface area contributed by atoms with Crippen molar-refractivity contribution in [3.63, 3.8) is 0 Å². The first-order valence-corrected chi connectivity index (χ1v) is 8.87. The Morgan fingerprint density at radius 2 is 1.85 bits per heavy atom. The van der Waals surface area contributed by atoms with E-state index in [-0.39, 0.29) is 12.0 Å². The van der Waals surface area contributed by atoms with Gasteiger partial charge in [-0.1, -0.05) is 36.8 Å². The molecule has 0 saturated heterocycles. The third-order valence-electron chi connectivity index (χ3n) is 4.72. The van der Waals surface area contributed by atoms with E-state index in [2.05, 4.69) is 10.3 Å². The van der Waals surface area contributed by atoms with Crippen molar-refractivity contribution in [2.45, 2.75) is 44.6 Å². The number of nitrogens with one attached hydrogen (secondary N) is 2. The molecule has 1 aliphatic carbocycles. The highest BCUT2D eigenvalue weighted by Gasteiger charge is 2.23. The van der Waals surface area contributed by atoms with Crippen LogP contribution in [0.1, 0.15) is 46.4 Å². The van der Waals surface area contributed by atoms with Gasteiger partial charge in [-0.25, -0.2) is 4.79 Å². The molecule has 0 saturated carbocycles. The molecule has 1 aromatic heterocycles. The molecule has 0 bridgehead atoms. The van der Waals surface area contributed by atoms with E-state index in [1.54, 1.807) is 18.2 Å². The fourth-order valence-electron chi connectivity index (χ4n) is 3.31. The minimum absolute atomic E-state index is 0.0232. The van der Waals surface area contributed by atoms with Crippen LogP contribution in [0.15, 0.2) is 41.2 Å². The number of carboxylic acids is 1. The van der Waals surface area contributed by atoms with Crippen molar-refractivity contribution in [1.29, 1.82) is 0 Å². The highest BCUT2D eigenvalue weighted by molar-refractivity contribution is 5.96. The van der Waals surface area contributed by atoms with Crippen molar-refractivity contribution in [2.75, 3.05) is 0 Å². The summed E-state index contributed by atoms with van der Waals surface area (Å²) in [6, 6.07) is 9.60. The van der Waals surface area contributed by atoms with Crippen LogP contribution in [0.2, 0.25) is 0 Å². The van der Waals surface area contributed by atoms with E-state index < -0.39 is 23.5 Å². The summed E-state index contributed by atoms with van der Waals surface area (Å²) in [6.45, 7) is 0. The number of carboxylic acid groups (broad SMARTS) is 1. The van der Waals surface area contributed by atoms with Gasteiger partial charge in [0.25, 0.3) is 11.5 Å². The molecule has 136 valence electrons. The molecule has 2 aromatic rings. The number of fused-ring (bicyclic) bond motifs is 1. The maximum Gasteiger partial charge on any atom is 0.326 e. The first kappa shape index (κ1) is 17.9. The Labute approximate surface area is 151 Å². The summed E-state index contributed by atoms with van der Waals surface area (Å²) < 4.78 is 0. The number of hydrogen-bond acceptors (Lipinski definition) is 3. The number of aliphatic carboxylic acids is 1. The van der Waals surface area contributed by atoms with Crippen molar-refractivity contribution in [2.24, 2.45) is 0 Å². The highest BCUT2D eigenvalue weighted by Crippen LogP contribution is 2.18. The van der Waals surface area contributed by atoms with Crippen LogP contribution in [-0.4, -0.2) is 28.0 Å². The third-order valence-corrected chi connectivity index (χ3v) is 4.72. The Kier molecular flexibility index (Phi) is 5.51. The molecular formula is C20H22N2O4. The number of hydrogen-bond donors (Lipinski definition) is 3. The molecule has 0 radical (unpaired) electrons. The largest absolute Gasteiger partial charge is 0.480 e. The molecule has 3 N–H and O–H groups in total. The predicted octanol–water partition coefficient (Wildman–Crippen LogP) is 2.07. The number of aromatic amines is 1. The Bertz CT molecular complexity index is 858. The molecule has 26 heavy (non-hydrogen) atoms. The molecule has 1 atom stereocenters. The summed E-state index contributed by atoms with van der Waals surface area (Å²) in [4.78, 5) is 39.2. The Morgan fingerprint density at radius 3 is 2.58 bits per heavy atom. The van der Waals surface area contributed by atoms with Gasteiger partial charge < -0.3 is 15.4 Å². The first-order chi connectivity index (χ1) is 12.5. The topological polar surface area (TPSA) is 99.3 Å². The van der Waals surface area contributed by atoms with Crippen molar-refractivity contribution in [3.05, 3.63) is 69.1 Å². The maximum atomic E-state index is 12.5. The smallest absolute Gasteiger partial charge is 0.326 e. The first-order valence-electron chi connectivity index (χ1n) is 8.87. The zero-order chi connectivity index (χ0) is 18.5. The van der Waals surface area contributed by atoms with Crippen molar-refractivity contribution in [1.82, 2.24) is 10.3 Å². The molecule has 0 spiro atoms. The summed E-state index contributed by atoms with van der Waals surface area (Å²) in [6.07, 6.45) is 4.91. The van der Waals surface area contributed by atoms with Crippen LogP contribution in [0.25, 0.3) is 0 Å². The lowest BCUT2D eigenvalue weighted by Gasteiger charge is -2.15. The molecule has 1 amide bonds. The number of H-pyrrole nitrogens is 1. The number of aromatic nitrogens is 1. The zero-order valence-electron chi connectivity index (χ0n) is 14.5.